The highest BCUT2D eigenvalue weighted by Crippen LogP contribution is 2.27. The molecule has 3 atom stereocenters. The molecule has 2 saturated heterocycles. The first kappa shape index (κ1) is 27.4. The number of nitrogens with zero attached hydrogens (tertiary/aromatic N) is 2. The average Bonchev–Trinajstić information content (AvgIpc) is 3.40. The molecule has 0 spiro atoms. The van der Waals surface area contributed by atoms with E-state index < -0.39 is 12.1 Å². The normalized spacial score (nSPS) is 24.9. The lowest BCUT2D eigenvalue weighted by Gasteiger charge is -2.47. The van der Waals surface area contributed by atoms with Gasteiger partial charge in [0.1, 0.15) is 6.04 Å². The highest BCUT2D eigenvalue weighted by Gasteiger charge is 2.44. The predicted octanol–water partition coefficient (Wildman–Crippen LogP) is 3.84. The molecule has 0 bridgehead atoms. The Labute approximate surface area is 221 Å². The zero-order valence-electron chi connectivity index (χ0n) is 22.5. The average molecular weight is 513 g/mol. The molecule has 0 radical (unpaired) electrons. The topological polar surface area (TPSA) is 91.0 Å². The molecule has 37 heavy (non-hydrogen) atoms. The van der Waals surface area contributed by atoms with E-state index in [0.717, 1.165) is 50.7 Å². The van der Waals surface area contributed by atoms with Crippen LogP contribution in [0.4, 0.5) is 4.79 Å². The van der Waals surface area contributed by atoms with Gasteiger partial charge >= 0.3 is 6.03 Å². The van der Waals surface area contributed by atoms with Gasteiger partial charge in [-0.3, -0.25) is 9.59 Å². The van der Waals surface area contributed by atoms with Crippen LogP contribution in [0.5, 0.6) is 0 Å². The van der Waals surface area contributed by atoms with Crippen molar-refractivity contribution in [3.63, 3.8) is 0 Å². The second-order valence-electron chi connectivity index (χ2n) is 11.3. The summed E-state index contributed by atoms with van der Waals surface area (Å²) in [6.07, 6.45) is 8.12. The van der Waals surface area contributed by atoms with Crippen LogP contribution in [0.25, 0.3) is 0 Å². The zero-order chi connectivity index (χ0) is 26.2. The number of ether oxygens (including phenoxy) is 1. The molecule has 4 rings (SSSR count). The molecule has 2 heterocycles. The first-order valence-electron chi connectivity index (χ1n) is 14.2. The third-order valence-electron chi connectivity index (χ3n) is 7.81. The molecular weight excluding hydrogens is 468 g/mol. The van der Waals surface area contributed by atoms with Gasteiger partial charge < -0.3 is 25.2 Å². The Morgan fingerprint density at radius 3 is 2.49 bits per heavy atom. The lowest BCUT2D eigenvalue weighted by Crippen LogP contribution is -2.66. The van der Waals surface area contributed by atoms with E-state index in [1.165, 1.54) is 6.42 Å². The molecule has 3 aliphatic rings. The second-order valence-corrected chi connectivity index (χ2v) is 11.3. The SMILES string of the molecule is CC(C)C[C@H]1C(=O)N(Cc2ccccc2)CC(CC(=O)NCC2CCCO2)N1C(=O)NC1CCCCC1. The van der Waals surface area contributed by atoms with Crippen molar-refractivity contribution >= 4 is 17.8 Å². The molecular formula is C29H44N4O4. The summed E-state index contributed by atoms with van der Waals surface area (Å²) < 4.78 is 5.65. The Hall–Kier alpha value is -2.61. The van der Waals surface area contributed by atoms with Crippen LogP contribution >= 0.6 is 0 Å². The van der Waals surface area contributed by atoms with Crippen molar-refractivity contribution in [2.75, 3.05) is 19.7 Å². The summed E-state index contributed by atoms with van der Waals surface area (Å²) in [5.74, 6) is 0.0882. The standard InChI is InChI=1S/C29H44N4O4/c1-21(2)16-26-28(35)32(19-22-10-5-3-6-11-22)20-24(17-27(34)30-18-25-14-9-15-37-25)33(26)29(36)31-23-12-7-4-8-13-23/h3,5-6,10-11,21,23-26H,4,7-9,12-20H2,1-2H3,(H,30,34)(H,31,36)/t24?,25?,26-/m0/s1. The summed E-state index contributed by atoms with van der Waals surface area (Å²) in [7, 11) is 0. The maximum Gasteiger partial charge on any atom is 0.318 e. The minimum absolute atomic E-state index is 0.0349. The first-order valence-corrected chi connectivity index (χ1v) is 14.2. The maximum atomic E-state index is 13.8. The van der Waals surface area contributed by atoms with Crippen LogP contribution in [0.1, 0.15) is 77.2 Å². The molecule has 0 aromatic heterocycles. The lowest BCUT2D eigenvalue weighted by molar-refractivity contribution is -0.145. The van der Waals surface area contributed by atoms with Crippen molar-refractivity contribution in [1.82, 2.24) is 20.4 Å². The third kappa shape index (κ3) is 7.69. The van der Waals surface area contributed by atoms with Crippen molar-refractivity contribution < 1.29 is 19.1 Å². The monoisotopic (exact) mass is 512 g/mol. The van der Waals surface area contributed by atoms with E-state index in [1.807, 2.05) is 35.2 Å². The smallest absolute Gasteiger partial charge is 0.318 e. The first-order chi connectivity index (χ1) is 17.9. The third-order valence-corrected chi connectivity index (χ3v) is 7.81. The van der Waals surface area contributed by atoms with Gasteiger partial charge in [0.05, 0.1) is 12.1 Å². The van der Waals surface area contributed by atoms with Crippen LogP contribution in [0, 0.1) is 5.92 Å². The minimum Gasteiger partial charge on any atom is -0.376 e. The van der Waals surface area contributed by atoms with Gasteiger partial charge in [-0.25, -0.2) is 4.79 Å². The van der Waals surface area contributed by atoms with Crippen LogP contribution in [-0.4, -0.2) is 71.6 Å². The molecule has 1 aromatic rings. The summed E-state index contributed by atoms with van der Waals surface area (Å²) in [4.78, 5) is 44.1. The molecule has 2 N–H and O–H groups in total. The van der Waals surface area contributed by atoms with Gasteiger partial charge in [0.15, 0.2) is 0 Å². The summed E-state index contributed by atoms with van der Waals surface area (Å²) in [6.45, 7) is 6.19. The molecule has 8 nitrogen and oxygen atoms in total. The minimum atomic E-state index is -0.586. The van der Waals surface area contributed by atoms with Crippen molar-refractivity contribution in [2.24, 2.45) is 5.92 Å². The van der Waals surface area contributed by atoms with Crippen LogP contribution in [0.2, 0.25) is 0 Å². The molecule has 2 aliphatic heterocycles. The summed E-state index contributed by atoms with van der Waals surface area (Å²) >= 11 is 0. The Balaban J connectivity index is 1.53. The zero-order valence-corrected chi connectivity index (χ0v) is 22.5. The van der Waals surface area contributed by atoms with Crippen molar-refractivity contribution in [3.8, 4) is 0 Å². The number of benzene rings is 1. The number of carbonyl (C=O) groups excluding carboxylic acids is 3. The second kappa shape index (κ2) is 13.3. The molecule has 1 saturated carbocycles. The number of urea groups is 1. The molecule has 3 fully saturated rings. The van der Waals surface area contributed by atoms with E-state index in [2.05, 4.69) is 24.5 Å². The molecule has 1 aliphatic carbocycles. The van der Waals surface area contributed by atoms with E-state index in [9.17, 15) is 14.4 Å². The number of carbonyl (C=O) groups is 3. The number of nitrogens with one attached hydrogen (secondary N) is 2. The van der Waals surface area contributed by atoms with E-state index in [0.29, 0.717) is 26.1 Å². The summed E-state index contributed by atoms with van der Waals surface area (Å²) in [5.41, 5.74) is 1.04. The highest BCUT2D eigenvalue weighted by molar-refractivity contribution is 5.89. The van der Waals surface area contributed by atoms with Crippen molar-refractivity contribution in [1.29, 1.82) is 0 Å². The van der Waals surface area contributed by atoms with Crippen LogP contribution in [0.15, 0.2) is 30.3 Å². The van der Waals surface area contributed by atoms with Gasteiger partial charge in [-0.1, -0.05) is 63.4 Å². The number of amides is 4. The molecule has 204 valence electrons. The van der Waals surface area contributed by atoms with Crippen LogP contribution in [-0.2, 0) is 20.9 Å². The summed E-state index contributed by atoms with van der Waals surface area (Å²) in [6, 6.07) is 8.86. The number of hydrogen-bond donors (Lipinski definition) is 2. The highest BCUT2D eigenvalue weighted by atomic mass is 16.5. The summed E-state index contributed by atoms with van der Waals surface area (Å²) in [5, 5.41) is 6.24. The Bertz CT molecular complexity index is 896. The maximum absolute atomic E-state index is 13.8. The van der Waals surface area contributed by atoms with Gasteiger partial charge in [0.2, 0.25) is 11.8 Å². The van der Waals surface area contributed by atoms with Gasteiger partial charge in [-0.2, -0.15) is 0 Å². The van der Waals surface area contributed by atoms with Gasteiger partial charge in [0, 0.05) is 38.7 Å². The van der Waals surface area contributed by atoms with E-state index in [1.54, 1.807) is 4.90 Å². The molecule has 1 aromatic carbocycles. The fourth-order valence-electron chi connectivity index (χ4n) is 5.91. The largest absolute Gasteiger partial charge is 0.376 e. The van der Waals surface area contributed by atoms with E-state index >= 15 is 0 Å². The van der Waals surface area contributed by atoms with Gasteiger partial charge in [0.25, 0.3) is 0 Å². The molecule has 4 amide bonds. The number of piperazine rings is 1. The molecule has 2 unspecified atom stereocenters. The van der Waals surface area contributed by atoms with Crippen LogP contribution in [0.3, 0.4) is 0 Å². The van der Waals surface area contributed by atoms with E-state index in [-0.39, 0.29) is 42.3 Å². The van der Waals surface area contributed by atoms with Crippen molar-refractivity contribution in [3.05, 3.63) is 35.9 Å². The van der Waals surface area contributed by atoms with Gasteiger partial charge in [-0.15, -0.1) is 0 Å². The Morgan fingerprint density at radius 1 is 1.05 bits per heavy atom. The quantitative estimate of drug-likeness (QED) is 0.526. The van der Waals surface area contributed by atoms with E-state index in [4.69, 9.17) is 4.74 Å². The molecule has 8 heteroatoms. The number of hydrogen-bond acceptors (Lipinski definition) is 4. The van der Waals surface area contributed by atoms with Gasteiger partial charge in [-0.05, 0) is 43.6 Å². The predicted molar refractivity (Wildman–Crippen MR) is 143 cm³/mol. The fraction of sp³-hybridized carbons (Fsp3) is 0.690. The lowest BCUT2D eigenvalue weighted by atomic mass is 9.93. The number of rotatable bonds is 9. The van der Waals surface area contributed by atoms with Crippen molar-refractivity contribution in [2.45, 2.75) is 102 Å². The Morgan fingerprint density at radius 2 is 1.81 bits per heavy atom. The fourth-order valence-corrected chi connectivity index (χ4v) is 5.91. The van der Waals surface area contributed by atoms with Crippen LogP contribution < -0.4 is 10.6 Å². The Kier molecular flexibility index (Phi) is 9.83.